The van der Waals surface area contributed by atoms with Crippen molar-refractivity contribution in [1.29, 1.82) is 0 Å². The minimum absolute atomic E-state index is 0.430. The van der Waals surface area contributed by atoms with Gasteiger partial charge in [-0.2, -0.15) is 0 Å². The first-order valence-corrected chi connectivity index (χ1v) is 8.67. The number of thioether (sulfide) groups is 1. The van der Waals surface area contributed by atoms with Crippen LogP contribution < -0.4 is 4.72 Å². The fourth-order valence-corrected chi connectivity index (χ4v) is 3.87. The van der Waals surface area contributed by atoms with Gasteiger partial charge >= 0.3 is 0 Å². The van der Waals surface area contributed by atoms with Crippen LogP contribution in [0.25, 0.3) is 10.2 Å². The molecule has 7 heteroatoms. The Morgan fingerprint density at radius 2 is 2.18 bits per heavy atom. The lowest BCUT2D eigenvalue weighted by molar-refractivity contribution is 0.590. The monoisotopic (exact) mass is 288 g/mol. The van der Waals surface area contributed by atoms with Gasteiger partial charge in [-0.3, -0.25) is 0 Å². The van der Waals surface area contributed by atoms with E-state index in [-0.39, 0.29) is 0 Å². The Bertz CT molecular complexity index is 574. The zero-order chi connectivity index (χ0) is 12.3. The molecular weight excluding hydrogens is 276 g/mol. The maximum atomic E-state index is 10.9. The van der Waals surface area contributed by atoms with Crippen LogP contribution in [0.1, 0.15) is 0 Å². The Balaban J connectivity index is 1.91. The zero-order valence-corrected chi connectivity index (χ0v) is 11.7. The van der Waals surface area contributed by atoms with Crippen LogP contribution in [-0.2, 0) is 10.0 Å². The molecule has 0 spiro atoms. The number of nitrogens with zero attached hydrogens (tertiary/aromatic N) is 1. The predicted octanol–water partition coefficient (Wildman–Crippen LogP) is 1.94. The average molecular weight is 288 g/mol. The standard InChI is InChI=1S/C10H12N2O2S3/c1-17(13,14)11-6-7-15-10-12-8-4-2-3-5-9(8)16-10/h2-5,11H,6-7H2,1H3. The molecule has 0 bridgehead atoms. The summed E-state index contributed by atoms with van der Waals surface area (Å²) in [5.41, 5.74) is 0.996. The number of fused-ring (bicyclic) bond motifs is 1. The van der Waals surface area contributed by atoms with Gasteiger partial charge in [-0.05, 0) is 12.1 Å². The molecule has 0 amide bonds. The number of para-hydroxylation sites is 1. The summed E-state index contributed by atoms with van der Waals surface area (Å²) in [6, 6.07) is 7.96. The Morgan fingerprint density at radius 3 is 2.88 bits per heavy atom. The van der Waals surface area contributed by atoms with Crippen LogP contribution in [0, 0.1) is 0 Å². The normalized spacial score (nSPS) is 12.1. The number of nitrogens with one attached hydrogen (secondary N) is 1. The second-order valence-electron chi connectivity index (χ2n) is 3.46. The molecular formula is C10H12N2O2S3. The predicted molar refractivity (Wildman–Crippen MR) is 73.2 cm³/mol. The van der Waals surface area contributed by atoms with Crippen LogP contribution in [0.3, 0.4) is 0 Å². The molecule has 4 nitrogen and oxygen atoms in total. The van der Waals surface area contributed by atoms with E-state index in [0.29, 0.717) is 12.3 Å². The van der Waals surface area contributed by atoms with E-state index < -0.39 is 10.0 Å². The highest BCUT2D eigenvalue weighted by molar-refractivity contribution is 8.01. The summed E-state index contributed by atoms with van der Waals surface area (Å²) in [5, 5.41) is 0. The van der Waals surface area contributed by atoms with Gasteiger partial charge in [0.2, 0.25) is 10.0 Å². The van der Waals surface area contributed by atoms with E-state index in [9.17, 15) is 8.42 Å². The van der Waals surface area contributed by atoms with Crippen LogP contribution in [0.2, 0.25) is 0 Å². The fourth-order valence-electron chi connectivity index (χ4n) is 1.28. The highest BCUT2D eigenvalue weighted by Gasteiger charge is 2.04. The Labute approximate surface area is 109 Å². The van der Waals surface area contributed by atoms with Gasteiger partial charge in [0.05, 0.1) is 16.5 Å². The average Bonchev–Trinajstić information content (AvgIpc) is 2.65. The Hall–Kier alpha value is -0.630. The van der Waals surface area contributed by atoms with Gasteiger partial charge in [-0.1, -0.05) is 23.9 Å². The van der Waals surface area contributed by atoms with E-state index in [1.165, 1.54) is 0 Å². The summed E-state index contributed by atoms with van der Waals surface area (Å²) < 4.78 is 26.3. The number of thiazole rings is 1. The van der Waals surface area contributed by atoms with E-state index >= 15 is 0 Å². The molecule has 2 aromatic rings. The third-order valence-corrected chi connectivity index (χ3v) is 4.88. The maximum absolute atomic E-state index is 10.9. The molecule has 0 atom stereocenters. The first kappa shape index (κ1) is 12.8. The molecule has 2 rings (SSSR count). The molecule has 0 aliphatic carbocycles. The molecule has 1 heterocycles. The second kappa shape index (κ2) is 5.34. The van der Waals surface area contributed by atoms with Crippen molar-refractivity contribution in [3.05, 3.63) is 24.3 Å². The lowest BCUT2D eigenvalue weighted by Crippen LogP contribution is -2.24. The minimum atomic E-state index is -3.08. The molecule has 0 aliphatic rings. The number of hydrogen-bond acceptors (Lipinski definition) is 5. The molecule has 92 valence electrons. The van der Waals surface area contributed by atoms with Gasteiger partial charge in [-0.15, -0.1) is 11.3 Å². The van der Waals surface area contributed by atoms with Crippen molar-refractivity contribution in [3.8, 4) is 0 Å². The van der Waals surface area contributed by atoms with Gasteiger partial charge in [0.1, 0.15) is 0 Å². The SMILES string of the molecule is CS(=O)(=O)NCCSc1nc2ccccc2s1. The van der Waals surface area contributed by atoms with Gasteiger partial charge in [0.25, 0.3) is 0 Å². The van der Waals surface area contributed by atoms with E-state index in [1.807, 2.05) is 24.3 Å². The van der Waals surface area contributed by atoms with Crippen LogP contribution >= 0.6 is 23.1 Å². The Kier molecular flexibility index (Phi) is 4.03. The second-order valence-corrected chi connectivity index (χ2v) is 7.67. The van der Waals surface area contributed by atoms with E-state index in [1.54, 1.807) is 23.1 Å². The van der Waals surface area contributed by atoms with Crippen molar-refractivity contribution in [3.63, 3.8) is 0 Å². The van der Waals surface area contributed by atoms with Gasteiger partial charge in [0.15, 0.2) is 4.34 Å². The van der Waals surface area contributed by atoms with Crippen LogP contribution in [-0.4, -0.2) is 32.0 Å². The topological polar surface area (TPSA) is 59.1 Å². The number of benzene rings is 1. The smallest absolute Gasteiger partial charge is 0.208 e. The van der Waals surface area contributed by atoms with Crippen molar-refractivity contribution >= 4 is 43.3 Å². The maximum Gasteiger partial charge on any atom is 0.208 e. The summed E-state index contributed by atoms with van der Waals surface area (Å²) in [6.45, 7) is 0.430. The lowest BCUT2D eigenvalue weighted by atomic mass is 10.3. The molecule has 0 aliphatic heterocycles. The molecule has 1 aromatic carbocycles. The molecule has 1 N–H and O–H groups in total. The third-order valence-electron chi connectivity index (χ3n) is 1.97. The number of aromatic nitrogens is 1. The summed E-state index contributed by atoms with van der Waals surface area (Å²) in [7, 11) is -3.08. The largest absolute Gasteiger partial charge is 0.230 e. The van der Waals surface area contributed by atoms with Crippen LogP contribution in [0.4, 0.5) is 0 Å². The fraction of sp³-hybridized carbons (Fsp3) is 0.300. The number of sulfonamides is 1. The molecule has 0 saturated carbocycles. The van der Waals surface area contributed by atoms with Gasteiger partial charge in [-0.25, -0.2) is 18.1 Å². The van der Waals surface area contributed by atoms with Crippen molar-refractivity contribution < 1.29 is 8.42 Å². The van der Waals surface area contributed by atoms with Gasteiger partial charge in [0, 0.05) is 12.3 Å². The third kappa shape index (κ3) is 3.95. The lowest BCUT2D eigenvalue weighted by Gasteiger charge is -1.99. The molecule has 1 aromatic heterocycles. The summed E-state index contributed by atoms with van der Waals surface area (Å²) in [6.07, 6.45) is 1.16. The molecule has 17 heavy (non-hydrogen) atoms. The van der Waals surface area contributed by atoms with Crippen LogP contribution in [0.5, 0.6) is 0 Å². The van der Waals surface area contributed by atoms with E-state index in [4.69, 9.17) is 0 Å². The summed E-state index contributed by atoms with van der Waals surface area (Å²) >= 11 is 3.20. The molecule has 0 saturated heterocycles. The van der Waals surface area contributed by atoms with Gasteiger partial charge < -0.3 is 0 Å². The Morgan fingerprint density at radius 1 is 1.41 bits per heavy atom. The summed E-state index contributed by atoms with van der Waals surface area (Å²) in [5.74, 6) is 0.687. The zero-order valence-electron chi connectivity index (χ0n) is 9.21. The van der Waals surface area contributed by atoms with E-state index in [0.717, 1.165) is 20.8 Å². The molecule has 0 unspecified atom stereocenters. The van der Waals surface area contributed by atoms with Crippen molar-refractivity contribution in [1.82, 2.24) is 9.71 Å². The number of rotatable bonds is 5. The van der Waals surface area contributed by atoms with Crippen molar-refractivity contribution in [2.24, 2.45) is 0 Å². The molecule has 0 radical (unpaired) electrons. The number of hydrogen-bond donors (Lipinski definition) is 1. The highest BCUT2D eigenvalue weighted by atomic mass is 32.2. The minimum Gasteiger partial charge on any atom is -0.230 e. The first-order valence-electron chi connectivity index (χ1n) is 4.97. The van der Waals surface area contributed by atoms with Crippen molar-refractivity contribution in [2.75, 3.05) is 18.6 Å². The summed E-state index contributed by atoms with van der Waals surface area (Å²) in [4.78, 5) is 4.45. The van der Waals surface area contributed by atoms with Crippen molar-refractivity contribution in [2.45, 2.75) is 4.34 Å². The van der Waals surface area contributed by atoms with Crippen LogP contribution in [0.15, 0.2) is 28.6 Å². The van der Waals surface area contributed by atoms with E-state index in [2.05, 4.69) is 9.71 Å². The first-order chi connectivity index (χ1) is 8.04. The quantitative estimate of drug-likeness (QED) is 0.675. The molecule has 0 fully saturated rings. The highest BCUT2D eigenvalue weighted by Crippen LogP contribution is 2.28.